The van der Waals surface area contributed by atoms with Gasteiger partial charge in [-0.25, -0.2) is 4.79 Å². The van der Waals surface area contributed by atoms with Crippen molar-refractivity contribution in [2.24, 2.45) is 11.7 Å². The molecule has 1 heterocycles. The van der Waals surface area contributed by atoms with E-state index in [9.17, 15) is 53.1 Å². The van der Waals surface area contributed by atoms with E-state index in [1.54, 1.807) is 60.7 Å². The van der Waals surface area contributed by atoms with Crippen molar-refractivity contribution < 1.29 is 58.2 Å². The van der Waals surface area contributed by atoms with E-state index in [2.05, 4.69) is 55.2 Å². The third-order valence-corrected chi connectivity index (χ3v) is 11.4. The zero-order valence-corrected chi connectivity index (χ0v) is 40.3. The lowest BCUT2D eigenvalue weighted by molar-refractivity contribution is -0.143. The van der Waals surface area contributed by atoms with Crippen LogP contribution in [0.3, 0.4) is 0 Å². The molecule has 23 heteroatoms. The first-order valence-corrected chi connectivity index (χ1v) is 23.3. The number of aliphatic hydroxyl groups is 1. The molecule has 378 valence electrons. The number of carboxylic acid groups (broad SMARTS) is 1. The maximum Gasteiger partial charge on any atom is 0.328 e. The summed E-state index contributed by atoms with van der Waals surface area (Å²) in [5, 5.41) is 38.5. The van der Waals surface area contributed by atoms with Crippen molar-refractivity contribution in [1.29, 1.82) is 0 Å². The fourth-order valence-corrected chi connectivity index (χ4v) is 7.38. The molecule has 3 rings (SSSR count). The standard InChI is InChI=1S/C46H66N10O12S/c1-25(2)19-31(51-38(59)26(3)47)43(64)53-32(20-29-13-8-6-9-14-29)42(63)49-27(4)39(60)52-33(21-30-15-10-7-11-16-30)44(65)55-35(24-69)41(62)48-22-37(58)56-18-12-17-36(56)45(66)50-28(5)40(61)54-34(23-57)46(67)68/h6-11,13-16,25-28,31-36,57,69H,12,17-24,47H2,1-5H3,(H,48,62)(H,49,63)(H,50,66)(H,51,59)(H,52,60)(H,53,64)(H,54,61)(H,55,65)(H,67,68)/t26-,27-,28-,31-,32-,33+,34-,35-,36-/m0/s1. The van der Waals surface area contributed by atoms with Gasteiger partial charge in [-0.2, -0.15) is 12.6 Å². The summed E-state index contributed by atoms with van der Waals surface area (Å²) in [6, 6.07) is 6.70. The third-order valence-electron chi connectivity index (χ3n) is 11.0. The Kier molecular flexibility index (Phi) is 23.0. The number of rotatable bonds is 26. The summed E-state index contributed by atoms with van der Waals surface area (Å²) >= 11 is 4.23. The molecule has 22 nitrogen and oxygen atoms in total. The summed E-state index contributed by atoms with van der Waals surface area (Å²) in [6.45, 7) is 6.60. The molecule has 0 aromatic heterocycles. The molecular formula is C46H66N10O12S. The van der Waals surface area contributed by atoms with Crippen LogP contribution in [0.5, 0.6) is 0 Å². The zero-order chi connectivity index (χ0) is 51.4. The highest BCUT2D eigenvalue weighted by Crippen LogP contribution is 2.18. The van der Waals surface area contributed by atoms with E-state index in [0.717, 1.165) is 0 Å². The van der Waals surface area contributed by atoms with E-state index in [0.29, 0.717) is 17.5 Å². The fraction of sp³-hybridized carbons (Fsp3) is 0.522. The number of nitrogens with one attached hydrogen (secondary N) is 8. The Balaban J connectivity index is 1.70. The molecule has 12 N–H and O–H groups in total. The Labute approximate surface area is 406 Å². The summed E-state index contributed by atoms with van der Waals surface area (Å²) in [5.41, 5.74) is 7.07. The van der Waals surface area contributed by atoms with Crippen LogP contribution < -0.4 is 48.3 Å². The Morgan fingerprint density at radius 1 is 0.623 bits per heavy atom. The molecule has 0 saturated carbocycles. The van der Waals surface area contributed by atoms with Gasteiger partial charge in [-0.3, -0.25) is 43.2 Å². The van der Waals surface area contributed by atoms with E-state index in [4.69, 9.17) is 10.8 Å². The molecule has 0 bridgehead atoms. The quantitative estimate of drug-likeness (QED) is 0.0432. The highest BCUT2D eigenvalue weighted by molar-refractivity contribution is 7.80. The molecule has 0 spiro atoms. The average Bonchev–Trinajstić information content (AvgIpc) is 3.81. The van der Waals surface area contributed by atoms with Crippen molar-refractivity contribution in [2.75, 3.05) is 25.4 Å². The second-order valence-electron chi connectivity index (χ2n) is 17.2. The van der Waals surface area contributed by atoms with Crippen molar-refractivity contribution in [3.05, 3.63) is 71.8 Å². The molecule has 1 aliphatic heterocycles. The number of amides is 9. The van der Waals surface area contributed by atoms with Gasteiger partial charge in [-0.1, -0.05) is 74.5 Å². The van der Waals surface area contributed by atoms with Crippen LogP contribution in [-0.4, -0.2) is 154 Å². The summed E-state index contributed by atoms with van der Waals surface area (Å²) in [7, 11) is 0. The lowest BCUT2D eigenvalue weighted by Crippen LogP contribution is -2.60. The first-order chi connectivity index (χ1) is 32.6. The Bertz CT molecular complexity index is 2120. The van der Waals surface area contributed by atoms with Crippen molar-refractivity contribution in [3.8, 4) is 0 Å². The van der Waals surface area contributed by atoms with Crippen LogP contribution in [0.1, 0.15) is 65.0 Å². The van der Waals surface area contributed by atoms with Crippen molar-refractivity contribution in [1.82, 2.24) is 47.4 Å². The molecule has 2 aromatic carbocycles. The number of nitrogens with two attached hydrogens (primary N) is 1. The SMILES string of the molecule is CC(C)C[C@H](NC(=O)[C@H](C)N)C(=O)N[C@@H](Cc1ccccc1)C(=O)N[C@@H](C)C(=O)N[C@H](Cc1ccccc1)C(=O)N[C@@H](CS)C(=O)NCC(=O)N1CCC[C@H]1C(=O)N[C@@H](C)C(=O)N[C@@H](CO)C(=O)O. The number of benzene rings is 2. The lowest BCUT2D eigenvalue weighted by atomic mass is 10.0. The minimum Gasteiger partial charge on any atom is -0.480 e. The van der Waals surface area contributed by atoms with E-state index in [-0.39, 0.29) is 43.9 Å². The number of aliphatic carboxylic acids is 1. The molecule has 0 unspecified atom stereocenters. The van der Waals surface area contributed by atoms with Crippen LogP contribution in [0.4, 0.5) is 0 Å². The molecule has 9 amide bonds. The van der Waals surface area contributed by atoms with E-state index >= 15 is 0 Å². The first-order valence-electron chi connectivity index (χ1n) is 22.6. The number of aliphatic hydroxyl groups excluding tert-OH is 1. The van der Waals surface area contributed by atoms with Crippen LogP contribution in [0.25, 0.3) is 0 Å². The predicted octanol–water partition coefficient (Wildman–Crippen LogP) is -2.59. The molecule has 2 aromatic rings. The summed E-state index contributed by atoms with van der Waals surface area (Å²) in [5.74, 6) is -8.23. The minimum absolute atomic E-state index is 0.0187. The molecule has 1 fully saturated rings. The topological polar surface area (TPSA) is 337 Å². The van der Waals surface area contributed by atoms with Crippen molar-refractivity contribution >= 4 is 71.8 Å². The first kappa shape index (κ1) is 56.7. The lowest BCUT2D eigenvalue weighted by Gasteiger charge is -2.27. The van der Waals surface area contributed by atoms with E-state index < -0.39 is 127 Å². The maximum absolute atomic E-state index is 13.9. The van der Waals surface area contributed by atoms with Gasteiger partial charge in [0, 0.05) is 25.1 Å². The minimum atomic E-state index is -1.58. The third kappa shape index (κ3) is 18.4. The Morgan fingerprint density at radius 2 is 1.09 bits per heavy atom. The van der Waals surface area contributed by atoms with Gasteiger partial charge in [0.05, 0.1) is 19.2 Å². The molecule has 0 aliphatic carbocycles. The van der Waals surface area contributed by atoms with Gasteiger partial charge in [0.1, 0.15) is 48.3 Å². The highest BCUT2D eigenvalue weighted by Gasteiger charge is 2.37. The Morgan fingerprint density at radius 3 is 1.58 bits per heavy atom. The van der Waals surface area contributed by atoms with Crippen LogP contribution in [-0.2, 0) is 60.8 Å². The zero-order valence-electron chi connectivity index (χ0n) is 39.4. The maximum atomic E-state index is 13.9. The number of carbonyl (C=O) groups is 10. The van der Waals surface area contributed by atoms with Gasteiger partial charge >= 0.3 is 5.97 Å². The average molecular weight is 983 g/mol. The van der Waals surface area contributed by atoms with E-state index in [1.165, 1.54) is 25.7 Å². The fourth-order valence-electron chi connectivity index (χ4n) is 7.12. The van der Waals surface area contributed by atoms with Gasteiger partial charge in [0.15, 0.2) is 0 Å². The summed E-state index contributed by atoms with van der Waals surface area (Å²) in [6.07, 6.45) is 0.891. The van der Waals surface area contributed by atoms with Gasteiger partial charge in [0.25, 0.3) is 0 Å². The number of carbonyl (C=O) groups excluding carboxylic acids is 9. The normalized spacial score (nSPS) is 16.7. The molecule has 1 aliphatic rings. The van der Waals surface area contributed by atoms with Crippen LogP contribution in [0.15, 0.2) is 60.7 Å². The molecule has 1 saturated heterocycles. The Hall–Kier alpha value is -6.59. The van der Waals surface area contributed by atoms with Gasteiger partial charge < -0.3 is 63.4 Å². The second-order valence-corrected chi connectivity index (χ2v) is 17.6. The number of likely N-dealkylation sites (tertiary alicyclic amines) is 1. The highest BCUT2D eigenvalue weighted by atomic mass is 32.1. The van der Waals surface area contributed by atoms with Crippen LogP contribution >= 0.6 is 12.6 Å². The smallest absolute Gasteiger partial charge is 0.328 e. The van der Waals surface area contributed by atoms with Crippen LogP contribution in [0, 0.1) is 5.92 Å². The number of thiol groups is 1. The molecule has 0 radical (unpaired) electrons. The van der Waals surface area contributed by atoms with Gasteiger partial charge in [-0.05, 0) is 57.1 Å². The number of nitrogens with zero attached hydrogens (tertiary/aromatic N) is 1. The molecule has 69 heavy (non-hydrogen) atoms. The molecular weight excluding hydrogens is 917 g/mol. The number of carboxylic acids is 1. The predicted molar refractivity (Wildman–Crippen MR) is 255 cm³/mol. The summed E-state index contributed by atoms with van der Waals surface area (Å²) < 4.78 is 0. The van der Waals surface area contributed by atoms with E-state index in [1.807, 2.05) is 13.8 Å². The largest absolute Gasteiger partial charge is 0.480 e. The monoisotopic (exact) mass is 982 g/mol. The van der Waals surface area contributed by atoms with Crippen LogP contribution in [0.2, 0.25) is 0 Å². The number of hydrogen-bond donors (Lipinski definition) is 12. The van der Waals surface area contributed by atoms with Gasteiger partial charge in [0.2, 0.25) is 53.2 Å². The molecule has 9 atom stereocenters. The summed E-state index contributed by atoms with van der Waals surface area (Å²) in [4.78, 5) is 132. The van der Waals surface area contributed by atoms with Gasteiger partial charge in [-0.15, -0.1) is 0 Å². The second kappa shape index (κ2) is 28.0. The van der Waals surface area contributed by atoms with Crippen molar-refractivity contribution in [3.63, 3.8) is 0 Å². The number of hydrogen-bond acceptors (Lipinski definition) is 13. The van der Waals surface area contributed by atoms with Crippen molar-refractivity contribution in [2.45, 2.75) is 121 Å².